The van der Waals surface area contributed by atoms with Gasteiger partial charge in [0.2, 0.25) is 5.95 Å². The normalized spacial score (nSPS) is 16.4. The fourth-order valence-electron chi connectivity index (χ4n) is 3.42. The van der Waals surface area contributed by atoms with Crippen LogP contribution >= 0.6 is 0 Å². The van der Waals surface area contributed by atoms with Crippen molar-refractivity contribution in [2.75, 3.05) is 5.73 Å². The van der Waals surface area contributed by atoms with Gasteiger partial charge in [-0.1, -0.05) is 31.0 Å². The Bertz CT molecular complexity index is 769. The standard InChI is InChI=1S/C16H18N4/c17-16-19-14-9-18-13-8-4-3-7-12(13)15(14)20(16)10-11-5-1-2-6-11/h3-4,7-9,11H,1-2,5-6,10H2,(H2,17,19). The van der Waals surface area contributed by atoms with Crippen LogP contribution < -0.4 is 5.73 Å². The van der Waals surface area contributed by atoms with Gasteiger partial charge in [-0.05, 0) is 24.8 Å². The minimum atomic E-state index is 0.616. The summed E-state index contributed by atoms with van der Waals surface area (Å²) in [6.45, 7) is 0.982. The number of pyridine rings is 1. The molecule has 1 aliphatic carbocycles. The molecular weight excluding hydrogens is 248 g/mol. The van der Waals surface area contributed by atoms with Crippen molar-refractivity contribution in [3.8, 4) is 0 Å². The topological polar surface area (TPSA) is 56.7 Å². The van der Waals surface area contributed by atoms with Gasteiger partial charge in [0.05, 0.1) is 17.2 Å². The molecule has 0 amide bonds. The zero-order valence-electron chi connectivity index (χ0n) is 11.4. The smallest absolute Gasteiger partial charge is 0.201 e. The van der Waals surface area contributed by atoms with Crippen LogP contribution in [0.1, 0.15) is 25.7 Å². The molecule has 3 aromatic rings. The van der Waals surface area contributed by atoms with E-state index in [1.54, 1.807) is 0 Å². The van der Waals surface area contributed by atoms with Crippen LogP contribution in [0.25, 0.3) is 21.9 Å². The molecule has 4 heteroatoms. The van der Waals surface area contributed by atoms with Gasteiger partial charge in [-0.25, -0.2) is 4.98 Å². The number of nitrogens with zero attached hydrogens (tertiary/aromatic N) is 3. The predicted octanol–water partition coefficient (Wildman–Crippen LogP) is 3.36. The predicted molar refractivity (Wildman–Crippen MR) is 81.4 cm³/mol. The van der Waals surface area contributed by atoms with E-state index in [1.807, 2.05) is 24.4 Å². The number of nitrogens with two attached hydrogens (primary N) is 1. The summed E-state index contributed by atoms with van der Waals surface area (Å²) in [5.74, 6) is 1.35. The Morgan fingerprint density at radius 2 is 1.95 bits per heavy atom. The van der Waals surface area contributed by atoms with Crippen LogP contribution in [0.3, 0.4) is 0 Å². The average molecular weight is 266 g/mol. The fraction of sp³-hybridized carbons (Fsp3) is 0.375. The number of nitrogen functional groups attached to an aromatic ring is 1. The van der Waals surface area contributed by atoms with E-state index in [0.29, 0.717) is 5.95 Å². The maximum atomic E-state index is 6.15. The lowest BCUT2D eigenvalue weighted by molar-refractivity contribution is 0.468. The van der Waals surface area contributed by atoms with Gasteiger partial charge in [0, 0.05) is 11.9 Å². The van der Waals surface area contributed by atoms with E-state index in [1.165, 1.54) is 25.7 Å². The molecule has 1 saturated carbocycles. The van der Waals surface area contributed by atoms with Crippen molar-refractivity contribution in [3.63, 3.8) is 0 Å². The molecule has 0 atom stereocenters. The monoisotopic (exact) mass is 266 g/mol. The van der Waals surface area contributed by atoms with E-state index < -0.39 is 0 Å². The number of benzene rings is 1. The number of hydrogen-bond donors (Lipinski definition) is 1. The Balaban J connectivity index is 1.93. The van der Waals surface area contributed by atoms with Crippen LogP contribution in [-0.2, 0) is 6.54 Å². The first kappa shape index (κ1) is 11.7. The summed E-state index contributed by atoms with van der Waals surface area (Å²) in [6, 6.07) is 8.21. The molecule has 2 aromatic heterocycles. The summed E-state index contributed by atoms with van der Waals surface area (Å²) in [7, 11) is 0. The van der Waals surface area contributed by atoms with Crippen molar-refractivity contribution in [3.05, 3.63) is 30.5 Å². The van der Waals surface area contributed by atoms with Gasteiger partial charge in [0.15, 0.2) is 0 Å². The SMILES string of the molecule is Nc1nc2cnc3ccccc3c2n1CC1CCCC1. The van der Waals surface area contributed by atoms with E-state index in [0.717, 1.165) is 34.4 Å². The highest BCUT2D eigenvalue weighted by Crippen LogP contribution is 2.31. The summed E-state index contributed by atoms with van der Waals surface area (Å²) < 4.78 is 2.19. The maximum absolute atomic E-state index is 6.15. The van der Waals surface area contributed by atoms with E-state index in [-0.39, 0.29) is 0 Å². The lowest BCUT2D eigenvalue weighted by Gasteiger charge is -2.13. The largest absolute Gasteiger partial charge is 0.369 e. The number of rotatable bonds is 2. The summed E-state index contributed by atoms with van der Waals surface area (Å²) in [4.78, 5) is 8.95. The molecule has 4 nitrogen and oxygen atoms in total. The molecule has 1 aliphatic rings. The molecule has 0 spiro atoms. The maximum Gasteiger partial charge on any atom is 0.201 e. The van der Waals surface area contributed by atoms with Crippen molar-refractivity contribution in [2.24, 2.45) is 5.92 Å². The summed E-state index contributed by atoms with van der Waals surface area (Å²) >= 11 is 0. The van der Waals surface area contributed by atoms with Crippen LogP contribution in [0.2, 0.25) is 0 Å². The Hall–Kier alpha value is -2.10. The number of aromatic nitrogens is 3. The first-order chi connectivity index (χ1) is 9.83. The van der Waals surface area contributed by atoms with Gasteiger partial charge in [-0.2, -0.15) is 0 Å². The molecule has 0 unspecified atom stereocenters. The Labute approximate surface area is 117 Å². The summed E-state index contributed by atoms with van der Waals surface area (Å²) in [6.07, 6.45) is 7.14. The lowest BCUT2D eigenvalue weighted by atomic mass is 10.1. The number of anilines is 1. The van der Waals surface area contributed by atoms with Crippen molar-refractivity contribution < 1.29 is 0 Å². The zero-order valence-corrected chi connectivity index (χ0v) is 11.4. The number of para-hydroxylation sites is 1. The molecular formula is C16H18N4. The van der Waals surface area contributed by atoms with Gasteiger partial charge in [0.25, 0.3) is 0 Å². The van der Waals surface area contributed by atoms with Crippen LogP contribution in [0.15, 0.2) is 30.5 Å². The highest BCUT2D eigenvalue weighted by molar-refractivity contribution is 6.02. The van der Waals surface area contributed by atoms with Gasteiger partial charge in [0.1, 0.15) is 5.52 Å². The Morgan fingerprint density at radius 1 is 1.15 bits per heavy atom. The molecule has 0 saturated heterocycles. The highest BCUT2D eigenvalue weighted by Gasteiger charge is 2.19. The number of imidazole rings is 1. The van der Waals surface area contributed by atoms with E-state index >= 15 is 0 Å². The van der Waals surface area contributed by atoms with Gasteiger partial charge >= 0.3 is 0 Å². The molecule has 20 heavy (non-hydrogen) atoms. The van der Waals surface area contributed by atoms with Gasteiger partial charge in [-0.3, -0.25) is 4.98 Å². The second-order valence-electron chi connectivity index (χ2n) is 5.74. The van der Waals surface area contributed by atoms with Crippen LogP contribution in [0.5, 0.6) is 0 Å². The zero-order chi connectivity index (χ0) is 13.5. The minimum Gasteiger partial charge on any atom is -0.369 e. The Kier molecular flexibility index (Phi) is 2.62. The highest BCUT2D eigenvalue weighted by atomic mass is 15.2. The third-order valence-electron chi connectivity index (χ3n) is 4.42. The van der Waals surface area contributed by atoms with Crippen molar-refractivity contribution in [1.29, 1.82) is 0 Å². The molecule has 4 rings (SSSR count). The van der Waals surface area contributed by atoms with Crippen LogP contribution in [-0.4, -0.2) is 14.5 Å². The molecule has 102 valence electrons. The summed E-state index contributed by atoms with van der Waals surface area (Å²) in [5, 5.41) is 1.15. The van der Waals surface area contributed by atoms with E-state index in [9.17, 15) is 0 Å². The van der Waals surface area contributed by atoms with Crippen molar-refractivity contribution >= 4 is 27.9 Å². The van der Waals surface area contributed by atoms with Crippen LogP contribution in [0.4, 0.5) is 5.95 Å². The van der Waals surface area contributed by atoms with Crippen molar-refractivity contribution in [2.45, 2.75) is 32.2 Å². The molecule has 0 bridgehead atoms. The van der Waals surface area contributed by atoms with Gasteiger partial charge < -0.3 is 10.3 Å². The molecule has 0 radical (unpaired) electrons. The number of fused-ring (bicyclic) bond motifs is 3. The van der Waals surface area contributed by atoms with Crippen molar-refractivity contribution in [1.82, 2.24) is 14.5 Å². The first-order valence-electron chi connectivity index (χ1n) is 7.32. The second-order valence-corrected chi connectivity index (χ2v) is 5.74. The molecule has 1 fully saturated rings. The van der Waals surface area contributed by atoms with E-state index in [4.69, 9.17) is 5.73 Å². The summed E-state index contributed by atoms with van der Waals surface area (Å²) in [5.41, 5.74) is 9.19. The molecule has 1 aromatic carbocycles. The quantitative estimate of drug-likeness (QED) is 0.773. The molecule has 2 heterocycles. The number of hydrogen-bond acceptors (Lipinski definition) is 3. The van der Waals surface area contributed by atoms with Crippen LogP contribution in [0, 0.1) is 5.92 Å². The third kappa shape index (κ3) is 1.75. The van der Waals surface area contributed by atoms with E-state index in [2.05, 4.69) is 20.6 Å². The lowest BCUT2D eigenvalue weighted by Crippen LogP contribution is -2.10. The molecule has 2 N–H and O–H groups in total. The third-order valence-corrected chi connectivity index (χ3v) is 4.42. The molecule has 0 aliphatic heterocycles. The second kappa shape index (κ2) is 4.47. The average Bonchev–Trinajstić information content (AvgIpc) is 3.08. The minimum absolute atomic E-state index is 0.616. The van der Waals surface area contributed by atoms with Gasteiger partial charge in [-0.15, -0.1) is 0 Å². The Morgan fingerprint density at radius 3 is 2.80 bits per heavy atom. The fourth-order valence-corrected chi connectivity index (χ4v) is 3.42. The first-order valence-corrected chi connectivity index (χ1v) is 7.32.